The Labute approximate surface area is 183 Å². The molecule has 2 unspecified atom stereocenters. The normalized spacial score (nSPS) is 24.7. The summed E-state index contributed by atoms with van der Waals surface area (Å²) in [6, 6.07) is -0.156. The van der Waals surface area contributed by atoms with Gasteiger partial charge in [-0.1, -0.05) is 20.8 Å². The zero-order valence-electron chi connectivity index (χ0n) is 19.2. The molecular formula is C22H33N5O4. The van der Waals surface area contributed by atoms with Crippen molar-refractivity contribution in [3.8, 4) is 0 Å². The summed E-state index contributed by atoms with van der Waals surface area (Å²) < 4.78 is 6.84. The number of isocyanates is 1. The van der Waals surface area contributed by atoms with E-state index in [1.165, 1.54) is 0 Å². The number of hydrogen-bond donors (Lipinski definition) is 1. The van der Waals surface area contributed by atoms with Crippen molar-refractivity contribution in [3.63, 3.8) is 0 Å². The van der Waals surface area contributed by atoms with E-state index in [4.69, 9.17) is 4.74 Å². The highest BCUT2D eigenvalue weighted by Gasteiger charge is 2.42. The van der Waals surface area contributed by atoms with Crippen LogP contribution in [0.3, 0.4) is 0 Å². The van der Waals surface area contributed by atoms with Gasteiger partial charge in [0.15, 0.2) is 5.69 Å². The molecule has 0 bridgehead atoms. The number of carbonyl (C=O) groups is 2. The van der Waals surface area contributed by atoms with Crippen molar-refractivity contribution >= 4 is 18.1 Å². The summed E-state index contributed by atoms with van der Waals surface area (Å²) >= 11 is 0. The fraction of sp³-hybridized carbons (Fsp3) is 0.727. The molecule has 1 aliphatic carbocycles. The summed E-state index contributed by atoms with van der Waals surface area (Å²) in [6.45, 7) is 9.81. The molecule has 31 heavy (non-hydrogen) atoms. The van der Waals surface area contributed by atoms with Gasteiger partial charge in [-0.25, -0.2) is 19.4 Å². The van der Waals surface area contributed by atoms with E-state index in [9.17, 15) is 14.4 Å². The molecule has 1 fully saturated rings. The third-order valence-electron chi connectivity index (χ3n) is 6.29. The van der Waals surface area contributed by atoms with E-state index in [0.717, 1.165) is 30.5 Å². The molecule has 1 saturated carbocycles. The first kappa shape index (κ1) is 23.0. The van der Waals surface area contributed by atoms with Crippen LogP contribution in [-0.2, 0) is 29.5 Å². The van der Waals surface area contributed by atoms with Crippen molar-refractivity contribution < 1.29 is 19.1 Å². The topological polar surface area (TPSA) is 106 Å². The Kier molecular flexibility index (Phi) is 6.55. The molecule has 3 rings (SSSR count). The summed E-state index contributed by atoms with van der Waals surface area (Å²) in [4.78, 5) is 41.6. The van der Waals surface area contributed by atoms with Crippen LogP contribution in [0.1, 0.15) is 68.7 Å². The van der Waals surface area contributed by atoms with Gasteiger partial charge in [-0.05, 0) is 37.0 Å². The molecule has 2 amide bonds. The lowest BCUT2D eigenvalue weighted by atomic mass is 9.62. The lowest BCUT2D eigenvalue weighted by Crippen LogP contribution is -2.52. The van der Waals surface area contributed by atoms with Gasteiger partial charge in [0.05, 0.1) is 19.7 Å². The van der Waals surface area contributed by atoms with Gasteiger partial charge in [0.2, 0.25) is 6.08 Å². The monoisotopic (exact) mass is 431 g/mol. The quantitative estimate of drug-likeness (QED) is 0.438. The van der Waals surface area contributed by atoms with Gasteiger partial charge in [0.25, 0.3) is 0 Å². The van der Waals surface area contributed by atoms with Crippen molar-refractivity contribution in [1.82, 2.24) is 20.0 Å². The number of nitrogens with one attached hydrogen (secondary N) is 1. The van der Waals surface area contributed by atoms with E-state index in [1.807, 2.05) is 7.05 Å². The number of ether oxygens (including phenoxy) is 1. The molecule has 9 nitrogen and oxygen atoms in total. The number of carbonyl (C=O) groups excluding carboxylic acids is 3. The summed E-state index contributed by atoms with van der Waals surface area (Å²) in [6.07, 6.45) is 4.83. The van der Waals surface area contributed by atoms with Crippen LogP contribution in [0.2, 0.25) is 0 Å². The molecule has 2 heterocycles. The van der Waals surface area contributed by atoms with Crippen LogP contribution in [0.5, 0.6) is 0 Å². The van der Waals surface area contributed by atoms with Crippen LogP contribution in [0, 0.1) is 10.8 Å². The van der Waals surface area contributed by atoms with Crippen LogP contribution in [0.4, 0.5) is 4.79 Å². The number of aromatic nitrogens is 2. The van der Waals surface area contributed by atoms with E-state index >= 15 is 0 Å². The maximum absolute atomic E-state index is 13.1. The fourth-order valence-corrected chi connectivity index (χ4v) is 5.47. The van der Waals surface area contributed by atoms with Crippen molar-refractivity contribution in [2.75, 3.05) is 19.7 Å². The van der Waals surface area contributed by atoms with Gasteiger partial charge in [0.1, 0.15) is 0 Å². The number of fused-ring (bicyclic) bond motifs is 1. The standard InChI is InChI=1S/C22H33N5O4/c1-6-31-19(29)18-16-11-27(8-7-17(16)26(5)25-18)20(30)24-15-9-21(2,3)12-22(4,10-15)13-23-14-28/h15H,6-13H2,1-5H3,(H,24,30). The molecule has 9 heteroatoms. The lowest BCUT2D eigenvalue weighted by Gasteiger charge is -2.46. The minimum atomic E-state index is -0.456. The van der Waals surface area contributed by atoms with Gasteiger partial charge in [0, 0.05) is 37.3 Å². The maximum atomic E-state index is 13.1. The first-order valence-electron chi connectivity index (χ1n) is 10.9. The lowest BCUT2D eigenvalue weighted by molar-refractivity contribution is 0.0515. The highest BCUT2D eigenvalue weighted by atomic mass is 16.5. The molecule has 1 N–H and O–H groups in total. The summed E-state index contributed by atoms with van der Waals surface area (Å²) in [7, 11) is 1.81. The number of esters is 1. The first-order valence-corrected chi connectivity index (χ1v) is 10.9. The van der Waals surface area contributed by atoms with Crippen LogP contribution in [-0.4, -0.2) is 58.5 Å². The predicted molar refractivity (Wildman–Crippen MR) is 114 cm³/mol. The van der Waals surface area contributed by atoms with E-state index in [0.29, 0.717) is 26.1 Å². The fourth-order valence-electron chi connectivity index (χ4n) is 5.47. The highest BCUT2D eigenvalue weighted by Crippen LogP contribution is 2.46. The number of aryl methyl sites for hydroxylation is 1. The summed E-state index contributed by atoms with van der Waals surface area (Å²) in [5.74, 6) is -0.456. The molecular weight excluding hydrogens is 398 g/mol. The predicted octanol–water partition coefficient (Wildman–Crippen LogP) is 2.59. The van der Waals surface area contributed by atoms with Gasteiger partial charge in [-0.2, -0.15) is 5.10 Å². The number of aliphatic imine (C=N–C) groups is 1. The van der Waals surface area contributed by atoms with Crippen molar-refractivity contribution in [3.05, 3.63) is 17.0 Å². The Morgan fingerprint density at radius 1 is 1.32 bits per heavy atom. The molecule has 2 atom stereocenters. The maximum Gasteiger partial charge on any atom is 0.359 e. The third-order valence-corrected chi connectivity index (χ3v) is 6.29. The van der Waals surface area contributed by atoms with Gasteiger partial charge < -0.3 is 15.0 Å². The van der Waals surface area contributed by atoms with Crippen molar-refractivity contribution in [2.24, 2.45) is 22.9 Å². The summed E-state index contributed by atoms with van der Waals surface area (Å²) in [5.41, 5.74) is 1.88. The molecule has 0 aromatic carbocycles. The molecule has 0 saturated heterocycles. The Bertz CT molecular complexity index is 902. The smallest absolute Gasteiger partial charge is 0.359 e. The average molecular weight is 432 g/mol. The number of urea groups is 1. The molecule has 0 radical (unpaired) electrons. The molecule has 1 aromatic rings. The zero-order chi connectivity index (χ0) is 22.8. The molecule has 0 spiro atoms. The van der Waals surface area contributed by atoms with Crippen molar-refractivity contribution in [2.45, 2.75) is 66.0 Å². The SMILES string of the molecule is CCOC(=O)c1nn(C)c2c1CN(C(=O)NC1CC(C)(C)CC(C)(CN=C=O)C1)CC2. The molecule has 170 valence electrons. The minimum Gasteiger partial charge on any atom is -0.461 e. The number of amides is 2. The van der Waals surface area contributed by atoms with Crippen LogP contribution in [0.15, 0.2) is 4.99 Å². The van der Waals surface area contributed by atoms with Gasteiger partial charge >= 0.3 is 12.0 Å². The van der Waals surface area contributed by atoms with Crippen LogP contribution >= 0.6 is 0 Å². The molecule has 2 aliphatic rings. The second-order valence-corrected chi connectivity index (χ2v) is 9.90. The van der Waals surface area contributed by atoms with Crippen LogP contribution in [0.25, 0.3) is 0 Å². The van der Waals surface area contributed by atoms with E-state index in [2.05, 4.69) is 36.2 Å². The Morgan fingerprint density at radius 3 is 2.74 bits per heavy atom. The van der Waals surface area contributed by atoms with Gasteiger partial charge in [-0.3, -0.25) is 4.68 Å². The van der Waals surface area contributed by atoms with E-state index in [1.54, 1.807) is 22.6 Å². The number of hydrogen-bond acceptors (Lipinski definition) is 6. The largest absolute Gasteiger partial charge is 0.461 e. The second kappa shape index (κ2) is 8.83. The summed E-state index contributed by atoms with van der Waals surface area (Å²) in [5, 5.41) is 7.52. The third kappa shape index (κ3) is 5.15. The van der Waals surface area contributed by atoms with Crippen molar-refractivity contribution in [1.29, 1.82) is 0 Å². The average Bonchev–Trinajstić information content (AvgIpc) is 3.01. The van der Waals surface area contributed by atoms with Crippen LogP contribution < -0.4 is 5.32 Å². The Hall–Kier alpha value is -2.67. The minimum absolute atomic E-state index is 0.0112. The Balaban J connectivity index is 1.72. The highest BCUT2D eigenvalue weighted by molar-refractivity contribution is 5.89. The molecule has 1 aliphatic heterocycles. The second-order valence-electron chi connectivity index (χ2n) is 9.90. The number of rotatable bonds is 5. The Morgan fingerprint density at radius 2 is 2.06 bits per heavy atom. The van der Waals surface area contributed by atoms with E-state index in [-0.39, 0.29) is 35.2 Å². The zero-order valence-corrected chi connectivity index (χ0v) is 19.2. The molecule has 1 aromatic heterocycles. The first-order chi connectivity index (χ1) is 14.6. The van der Waals surface area contributed by atoms with E-state index < -0.39 is 5.97 Å². The number of nitrogens with zero attached hydrogens (tertiary/aromatic N) is 4. The van der Waals surface area contributed by atoms with Gasteiger partial charge in [-0.15, -0.1) is 0 Å².